The van der Waals surface area contributed by atoms with Gasteiger partial charge in [0.1, 0.15) is 5.52 Å². The molecule has 0 unspecified atom stereocenters. The van der Waals surface area contributed by atoms with Gasteiger partial charge in [-0.2, -0.15) is 0 Å². The largest absolute Gasteiger partial charge is 0.309 e. The second kappa shape index (κ2) is 10.5. The highest BCUT2D eigenvalue weighted by atomic mass is 15.0. The second-order valence-electron chi connectivity index (χ2n) is 12.2. The third-order valence-corrected chi connectivity index (χ3v) is 9.49. The summed E-state index contributed by atoms with van der Waals surface area (Å²) in [6.07, 6.45) is 0. The quantitative estimate of drug-likeness (QED) is 0.198. The third kappa shape index (κ3) is 3.96. The molecule has 0 aliphatic rings. The molecule has 3 aromatic heterocycles. The van der Waals surface area contributed by atoms with Crippen LogP contribution in [0.1, 0.15) is 0 Å². The molecule has 0 saturated heterocycles. The van der Waals surface area contributed by atoms with E-state index in [0.29, 0.717) is 5.82 Å². The van der Waals surface area contributed by atoms with E-state index in [-0.39, 0.29) is 0 Å². The van der Waals surface area contributed by atoms with Crippen molar-refractivity contribution in [1.29, 1.82) is 0 Å². The van der Waals surface area contributed by atoms with E-state index in [0.717, 1.165) is 50.1 Å². The van der Waals surface area contributed by atoms with Crippen LogP contribution in [-0.2, 0) is 0 Å². The van der Waals surface area contributed by atoms with Crippen LogP contribution in [0.4, 0.5) is 0 Å². The van der Waals surface area contributed by atoms with Gasteiger partial charge in [0.2, 0.25) is 0 Å². The number of nitrogens with zero attached hydrogens (tertiary/aromatic N) is 4. The highest BCUT2D eigenvalue weighted by Gasteiger charge is 2.21. The molecular formula is C44H28N4. The third-order valence-electron chi connectivity index (χ3n) is 9.49. The van der Waals surface area contributed by atoms with E-state index in [1.165, 1.54) is 32.6 Å². The Balaban J connectivity index is 1.26. The van der Waals surface area contributed by atoms with Crippen molar-refractivity contribution in [2.45, 2.75) is 0 Å². The summed E-state index contributed by atoms with van der Waals surface area (Å²) in [5.74, 6) is 0.699. The fraction of sp³-hybridized carbons (Fsp3) is 0. The zero-order valence-corrected chi connectivity index (χ0v) is 26.0. The van der Waals surface area contributed by atoms with Crippen LogP contribution in [0.5, 0.6) is 0 Å². The molecule has 4 nitrogen and oxygen atoms in total. The van der Waals surface area contributed by atoms with Gasteiger partial charge in [0.15, 0.2) is 5.82 Å². The molecule has 224 valence electrons. The van der Waals surface area contributed by atoms with Crippen LogP contribution >= 0.6 is 0 Å². The molecule has 7 aromatic carbocycles. The maximum absolute atomic E-state index is 5.37. The van der Waals surface area contributed by atoms with Crippen molar-refractivity contribution in [2.75, 3.05) is 0 Å². The van der Waals surface area contributed by atoms with Gasteiger partial charge in [-0.15, -0.1) is 0 Å². The summed E-state index contributed by atoms with van der Waals surface area (Å²) in [6, 6.07) is 60.0. The molecule has 10 aromatic rings. The molecule has 0 radical (unpaired) electrons. The summed E-state index contributed by atoms with van der Waals surface area (Å²) in [7, 11) is 0. The Morgan fingerprint density at radius 2 is 1.02 bits per heavy atom. The predicted octanol–water partition coefficient (Wildman–Crippen LogP) is 11.2. The highest BCUT2D eigenvalue weighted by Crippen LogP contribution is 2.40. The van der Waals surface area contributed by atoms with Crippen molar-refractivity contribution in [3.63, 3.8) is 0 Å². The summed E-state index contributed by atoms with van der Waals surface area (Å²) < 4.78 is 4.67. The van der Waals surface area contributed by atoms with E-state index >= 15 is 0 Å². The lowest BCUT2D eigenvalue weighted by atomic mass is 10.0. The van der Waals surface area contributed by atoms with Crippen molar-refractivity contribution < 1.29 is 0 Å². The summed E-state index contributed by atoms with van der Waals surface area (Å²) in [5.41, 5.74) is 10.5. The van der Waals surface area contributed by atoms with Crippen LogP contribution in [0.2, 0.25) is 0 Å². The number of fused-ring (bicyclic) bond motifs is 8. The maximum atomic E-state index is 5.37. The van der Waals surface area contributed by atoms with Crippen molar-refractivity contribution >= 4 is 54.5 Å². The molecule has 3 heterocycles. The molecule has 0 amide bonds. The Kier molecular flexibility index (Phi) is 5.84. The van der Waals surface area contributed by atoms with E-state index in [9.17, 15) is 0 Å². The number of hydrogen-bond acceptors (Lipinski definition) is 2. The van der Waals surface area contributed by atoms with E-state index in [2.05, 4.69) is 173 Å². The number of rotatable bonds is 4. The van der Waals surface area contributed by atoms with Crippen LogP contribution in [0.15, 0.2) is 170 Å². The summed E-state index contributed by atoms with van der Waals surface area (Å²) in [5, 5.41) is 6.12. The second-order valence-corrected chi connectivity index (χ2v) is 12.2. The Bertz CT molecular complexity index is 2830. The smallest absolute Gasteiger partial charge is 0.160 e. The van der Waals surface area contributed by atoms with Gasteiger partial charge in [0, 0.05) is 38.7 Å². The number of benzene rings is 7. The van der Waals surface area contributed by atoms with Gasteiger partial charge in [-0.1, -0.05) is 127 Å². The molecule has 0 N–H and O–H groups in total. The van der Waals surface area contributed by atoms with E-state index in [4.69, 9.17) is 9.97 Å². The molecule has 0 atom stereocenters. The SMILES string of the molecule is c1ccc(-c2nc(-c3cccc(-n4c5ccccc5c5c6ccccc6ccc54)c3)nc3c4ccccc4n(-c4ccccc4)c23)cc1. The summed E-state index contributed by atoms with van der Waals surface area (Å²) in [6.45, 7) is 0. The van der Waals surface area contributed by atoms with Gasteiger partial charge in [-0.3, -0.25) is 0 Å². The summed E-state index contributed by atoms with van der Waals surface area (Å²) >= 11 is 0. The van der Waals surface area contributed by atoms with Gasteiger partial charge < -0.3 is 9.13 Å². The Hall–Kier alpha value is -6.52. The molecule has 0 fully saturated rings. The summed E-state index contributed by atoms with van der Waals surface area (Å²) in [4.78, 5) is 10.7. The normalized spacial score (nSPS) is 11.8. The van der Waals surface area contributed by atoms with Crippen molar-refractivity contribution in [3.05, 3.63) is 170 Å². The molecule has 0 bridgehead atoms. The minimum Gasteiger partial charge on any atom is -0.309 e. The zero-order chi connectivity index (χ0) is 31.6. The van der Waals surface area contributed by atoms with Crippen molar-refractivity contribution in [1.82, 2.24) is 19.1 Å². The molecule has 0 aliphatic heterocycles. The maximum Gasteiger partial charge on any atom is 0.160 e. The Morgan fingerprint density at radius 1 is 0.396 bits per heavy atom. The molecule has 48 heavy (non-hydrogen) atoms. The first-order valence-corrected chi connectivity index (χ1v) is 16.3. The number of para-hydroxylation sites is 3. The molecular weight excluding hydrogens is 585 g/mol. The monoisotopic (exact) mass is 612 g/mol. The first-order valence-electron chi connectivity index (χ1n) is 16.3. The molecule has 0 aliphatic carbocycles. The van der Waals surface area contributed by atoms with Crippen molar-refractivity contribution in [3.8, 4) is 34.0 Å². The predicted molar refractivity (Wildman–Crippen MR) is 199 cm³/mol. The van der Waals surface area contributed by atoms with Crippen LogP contribution in [0.3, 0.4) is 0 Å². The Labute approximate surface area is 276 Å². The van der Waals surface area contributed by atoms with Gasteiger partial charge in [-0.25, -0.2) is 9.97 Å². The topological polar surface area (TPSA) is 35.6 Å². The lowest BCUT2D eigenvalue weighted by Crippen LogP contribution is -2.00. The zero-order valence-electron chi connectivity index (χ0n) is 26.0. The fourth-order valence-electron chi connectivity index (χ4n) is 7.42. The standard InChI is InChI=1S/C44H28N4/c1-3-15-30(16-4-1)41-43-42(36-23-10-12-25-38(36)48(43)32-18-5-2-6-19-32)46-44(45-41)31-17-13-20-33(28-31)47-37-24-11-9-22-35(37)40-34-21-8-7-14-29(34)26-27-39(40)47/h1-28H. The van der Waals surface area contributed by atoms with Crippen molar-refractivity contribution in [2.24, 2.45) is 0 Å². The van der Waals surface area contributed by atoms with Gasteiger partial charge in [0.25, 0.3) is 0 Å². The van der Waals surface area contributed by atoms with Gasteiger partial charge in [-0.05, 0) is 53.2 Å². The van der Waals surface area contributed by atoms with Crippen LogP contribution in [0.25, 0.3) is 88.5 Å². The van der Waals surface area contributed by atoms with Gasteiger partial charge in [0.05, 0.1) is 27.8 Å². The van der Waals surface area contributed by atoms with Crippen LogP contribution in [0, 0.1) is 0 Å². The minimum absolute atomic E-state index is 0.699. The number of aromatic nitrogens is 4. The molecule has 4 heteroatoms. The fourth-order valence-corrected chi connectivity index (χ4v) is 7.42. The first kappa shape index (κ1) is 26.7. The molecule has 0 saturated carbocycles. The highest BCUT2D eigenvalue weighted by molar-refractivity contribution is 6.21. The molecule has 0 spiro atoms. The minimum atomic E-state index is 0.699. The van der Waals surface area contributed by atoms with Crippen LogP contribution < -0.4 is 0 Å². The van der Waals surface area contributed by atoms with Gasteiger partial charge >= 0.3 is 0 Å². The van der Waals surface area contributed by atoms with Crippen LogP contribution in [-0.4, -0.2) is 19.1 Å². The lowest BCUT2D eigenvalue weighted by molar-refractivity contribution is 1.14. The Morgan fingerprint density at radius 3 is 1.83 bits per heavy atom. The first-order chi connectivity index (χ1) is 23.8. The lowest BCUT2D eigenvalue weighted by Gasteiger charge is -2.13. The average molecular weight is 613 g/mol. The van der Waals surface area contributed by atoms with E-state index in [1.54, 1.807) is 0 Å². The number of hydrogen-bond donors (Lipinski definition) is 0. The van der Waals surface area contributed by atoms with E-state index in [1.807, 2.05) is 6.07 Å². The van der Waals surface area contributed by atoms with E-state index < -0.39 is 0 Å². The molecule has 10 rings (SSSR count). The average Bonchev–Trinajstić information content (AvgIpc) is 3.69.